The normalized spacial score (nSPS) is 17.9. The van der Waals surface area contributed by atoms with Crippen LogP contribution >= 0.6 is 11.6 Å². The van der Waals surface area contributed by atoms with Gasteiger partial charge in [0.05, 0.1) is 17.3 Å². The minimum atomic E-state index is -0.639. The third-order valence-electron chi connectivity index (χ3n) is 3.86. The summed E-state index contributed by atoms with van der Waals surface area (Å²) in [5.74, 6) is 0.0476. The fraction of sp³-hybridized carbons (Fsp3) is 0.211. The molecule has 1 amide bonds. The van der Waals surface area contributed by atoms with E-state index >= 15 is 0 Å². The minimum absolute atomic E-state index is 0.224. The Morgan fingerprint density at radius 2 is 1.62 bits per heavy atom. The summed E-state index contributed by atoms with van der Waals surface area (Å²) in [5, 5.41) is 2.24. The number of para-hydroxylation sites is 2. The van der Waals surface area contributed by atoms with Crippen LogP contribution in [0.3, 0.4) is 0 Å². The Bertz CT molecular complexity index is 812. The van der Waals surface area contributed by atoms with Crippen molar-refractivity contribution < 1.29 is 4.79 Å². The Labute approximate surface area is 146 Å². The topological polar surface area (TPSA) is 53.8 Å². The van der Waals surface area contributed by atoms with E-state index in [4.69, 9.17) is 16.6 Å². The van der Waals surface area contributed by atoms with Crippen LogP contribution in [0.2, 0.25) is 0 Å². The molecule has 2 atom stereocenters. The zero-order valence-electron chi connectivity index (χ0n) is 13.5. The first-order valence-electron chi connectivity index (χ1n) is 7.79. The summed E-state index contributed by atoms with van der Waals surface area (Å²) in [6, 6.07) is 17.5. The highest BCUT2D eigenvalue weighted by Gasteiger charge is 2.27. The molecule has 0 fully saturated rings. The number of aliphatic imine (C=N–C) groups is 2. The Balaban J connectivity index is 2.12. The van der Waals surface area contributed by atoms with Crippen LogP contribution in [0.15, 0.2) is 64.6 Å². The molecule has 1 N–H and O–H groups in total. The summed E-state index contributed by atoms with van der Waals surface area (Å²) in [6.45, 7) is 3.59. The van der Waals surface area contributed by atoms with Crippen LogP contribution in [0.5, 0.6) is 0 Å². The van der Waals surface area contributed by atoms with Gasteiger partial charge in [0.2, 0.25) is 5.91 Å². The molecule has 1 aliphatic rings. The van der Waals surface area contributed by atoms with Crippen molar-refractivity contribution in [3.8, 4) is 0 Å². The van der Waals surface area contributed by atoms with Gasteiger partial charge >= 0.3 is 0 Å². The number of alkyl halides is 1. The van der Waals surface area contributed by atoms with Crippen LogP contribution in [0, 0.1) is 0 Å². The van der Waals surface area contributed by atoms with Crippen LogP contribution in [0.4, 0.5) is 11.4 Å². The summed E-state index contributed by atoms with van der Waals surface area (Å²) in [4.78, 5) is 21.6. The van der Waals surface area contributed by atoms with Gasteiger partial charge in [-0.05, 0) is 31.5 Å². The Kier molecular flexibility index (Phi) is 4.76. The number of amidine groups is 1. The first kappa shape index (κ1) is 16.4. The maximum atomic E-state index is 12.2. The number of hydrogen-bond donors (Lipinski definition) is 1. The predicted octanol–water partition coefficient (Wildman–Crippen LogP) is 4.35. The SMILES string of the molecule is CC1=Nc2ccccc2N=C(NC(=O)[C@H](C)Cl)[C@@H]1c1ccccc1. The summed E-state index contributed by atoms with van der Waals surface area (Å²) in [5.41, 5.74) is 3.41. The molecule has 0 aromatic heterocycles. The standard InChI is InChI=1S/C19H18ClN3O/c1-12(20)19(24)23-18-17(14-8-4-3-5-9-14)13(2)21-15-10-6-7-11-16(15)22-18/h3-12,17H,1-2H3,(H,22,23,24)/t12-,17-/m0/s1. The Morgan fingerprint density at radius 1 is 1.04 bits per heavy atom. The quantitative estimate of drug-likeness (QED) is 0.812. The van der Waals surface area contributed by atoms with E-state index in [1.807, 2.05) is 61.5 Å². The maximum Gasteiger partial charge on any atom is 0.243 e. The van der Waals surface area contributed by atoms with Crippen molar-refractivity contribution in [1.82, 2.24) is 5.32 Å². The van der Waals surface area contributed by atoms with Gasteiger partial charge in [-0.2, -0.15) is 0 Å². The average Bonchev–Trinajstić information content (AvgIpc) is 2.70. The van der Waals surface area contributed by atoms with E-state index in [-0.39, 0.29) is 11.8 Å². The molecular formula is C19H18ClN3O. The van der Waals surface area contributed by atoms with E-state index in [1.54, 1.807) is 6.92 Å². The number of halogens is 1. The van der Waals surface area contributed by atoms with Crippen LogP contribution in [0.25, 0.3) is 0 Å². The zero-order chi connectivity index (χ0) is 17.1. The van der Waals surface area contributed by atoms with E-state index in [2.05, 4.69) is 10.3 Å². The number of rotatable bonds is 2. The second-order valence-corrected chi connectivity index (χ2v) is 6.34. The molecule has 122 valence electrons. The number of carbonyl (C=O) groups excluding carboxylic acids is 1. The lowest BCUT2D eigenvalue weighted by Gasteiger charge is -2.19. The van der Waals surface area contributed by atoms with Crippen LogP contribution in [-0.4, -0.2) is 22.8 Å². The second kappa shape index (κ2) is 6.97. The van der Waals surface area contributed by atoms with Gasteiger partial charge in [0, 0.05) is 5.71 Å². The summed E-state index contributed by atoms with van der Waals surface area (Å²) >= 11 is 5.92. The zero-order valence-corrected chi connectivity index (χ0v) is 14.3. The predicted molar refractivity (Wildman–Crippen MR) is 98.9 cm³/mol. The van der Waals surface area contributed by atoms with Crippen molar-refractivity contribution in [2.75, 3.05) is 0 Å². The van der Waals surface area contributed by atoms with Crippen molar-refractivity contribution in [3.63, 3.8) is 0 Å². The molecule has 24 heavy (non-hydrogen) atoms. The van der Waals surface area contributed by atoms with Gasteiger partial charge in [0.1, 0.15) is 11.2 Å². The largest absolute Gasteiger partial charge is 0.312 e. The van der Waals surface area contributed by atoms with Crippen molar-refractivity contribution in [1.29, 1.82) is 0 Å². The molecule has 0 saturated carbocycles. The monoisotopic (exact) mass is 339 g/mol. The van der Waals surface area contributed by atoms with Gasteiger partial charge in [0.25, 0.3) is 0 Å². The molecule has 5 heteroatoms. The first-order valence-corrected chi connectivity index (χ1v) is 8.22. The number of amides is 1. The van der Waals surface area contributed by atoms with Gasteiger partial charge in [0.15, 0.2) is 0 Å². The van der Waals surface area contributed by atoms with Gasteiger partial charge < -0.3 is 5.32 Å². The highest BCUT2D eigenvalue weighted by Crippen LogP contribution is 2.34. The van der Waals surface area contributed by atoms with E-state index < -0.39 is 5.38 Å². The molecule has 1 aliphatic heterocycles. The molecular weight excluding hydrogens is 322 g/mol. The number of carbonyl (C=O) groups is 1. The van der Waals surface area contributed by atoms with Crippen LogP contribution in [0.1, 0.15) is 25.3 Å². The summed E-state index contributed by atoms with van der Waals surface area (Å²) < 4.78 is 0. The lowest BCUT2D eigenvalue weighted by Crippen LogP contribution is -2.40. The molecule has 0 unspecified atom stereocenters. The Hall–Kier alpha value is -2.46. The highest BCUT2D eigenvalue weighted by atomic mass is 35.5. The molecule has 0 saturated heterocycles. The third kappa shape index (κ3) is 3.39. The fourth-order valence-corrected chi connectivity index (χ4v) is 2.72. The number of nitrogens with one attached hydrogen (secondary N) is 1. The van der Waals surface area contributed by atoms with Crippen molar-refractivity contribution >= 4 is 40.4 Å². The molecule has 2 aromatic rings. The average molecular weight is 340 g/mol. The van der Waals surface area contributed by atoms with Crippen molar-refractivity contribution in [2.45, 2.75) is 25.1 Å². The summed E-state index contributed by atoms with van der Waals surface area (Å²) in [7, 11) is 0. The van der Waals surface area contributed by atoms with E-state index in [0.717, 1.165) is 22.6 Å². The highest BCUT2D eigenvalue weighted by molar-refractivity contribution is 6.32. The number of nitrogens with zero attached hydrogens (tertiary/aromatic N) is 2. The molecule has 0 radical (unpaired) electrons. The van der Waals surface area contributed by atoms with Gasteiger partial charge in [-0.1, -0.05) is 42.5 Å². The Morgan fingerprint density at radius 3 is 2.25 bits per heavy atom. The van der Waals surface area contributed by atoms with Gasteiger partial charge in [-0.25, -0.2) is 4.99 Å². The molecule has 3 rings (SSSR count). The van der Waals surface area contributed by atoms with Crippen LogP contribution in [-0.2, 0) is 4.79 Å². The number of hydrogen-bond acceptors (Lipinski definition) is 3. The smallest absolute Gasteiger partial charge is 0.243 e. The lowest BCUT2D eigenvalue weighted by molar-refractivity contribution is -0.119. The molecule has 1 heterocycles. The molecule has 4 nitrogen and oxygen atoms in total. The fourth-order valence-electron chi connectivity index (χ4n) is 2.67. The molecule has 0 spiro atoms. The molecule has 0 aliphatic carbocycles. The van der Waals surface area contributed by atoms with Crippen LogP contribution < -0.4 is 5.32 Å². The van der Waals surface area contributed by atoms with Gasteiger partial charge in [-0.3, -0.25) is 9.79 Å². The van der Waals surface area contributed by atoms with Gasteiger partial charge in [-0.15, -0.1) is 11.6 Å². The maximum absolute atomic E-state index is 12.2. The van der Waals surface area contributed by atoms with E-state index in [9.17, 15) is 4.79 Å². The molecule has 0 bridgehead atoms. The van der Waals surface area contributed by atoms with Crippen molar-refractivity contribution in [3.05, 3.63) is 60.2 Å². The minimum Gasteiger partial charge on any atom is -0.312 e. The first-order chi connectivity index (χ1) is 11.6. The van der Waals surface area contributed by atoms with E-state index in [0.29, 0.717) is 5.84 Å². The molecule has 2 aromatic carbocycles. The lowest BCUT2D eigenvalue weighted by atomic mass is 9.93. The van der Waals surface area contributed by atoms with E-state index in [1.165, 1.54) is 0 Å². The van der Waals surface area contributed by atoms with Crippen molar-refractivity contribution in [2.24, 2.45) is 9.98 Å². The third-order valence-corrected chi connectivity index (χ3v) is 4.05. The number of fused-ring (bicyclic) bond motifs is 1. The second-order valence-electron chi connectivity index (χ2n) is 5.69. The number of benzene rings is 2. The summed E-state index contributed by atoms with van der Waals surface area (Å²) in [6.07, 6.45) is 0.